The van der Waals surface area contributed by atoms with Crippen molar-refractivity contribution in [1.82, 2.24) is 14.5 Å². The third-order valence-corrected chi connectivity index (χ3v) is 2.76. The summed E-state index contributed by atoms with van der Waals surface area (Å²) >= 11 is 0. The fraction of sp³-hybridized carbons (Fsp3) is 0.500. The molecule has 1 saturated heterocycles. The van der Waals surface area contributed by atoms with Crippen LogP contribution in [-0.4, -0.2) is 38.6 Å². The van der Waals surface area contributed by atoms with E-state index in [1.807, 2.05) is 4.98 Å². The molecule has 0 spiro atoms. The Balaban J connectivity index is 2.21. The van der Waals surface area contributed by atoms with Crippen molar-refractivity contribution in [2.75, 3.05) is 13.1 Å². The second kappa shape index (κ2) is 4.44. The molecule has 1 aliphatic heterocycles. The van der Waals surface area contributed by atoms with Gasteiger partial charge in [0.2, 0.25) is 11.8 Å². The molecule has 0 bridgehead atoms. The largest absolute Gasteiger partial charge is 0.494 e. The summed E-state index contributed by atoms with van der Waals surface area (Å²) in [6.45, 7) is 1.11. The highest BCUT2D eigenvalue weighted by Crippen LogP contribution is 2.09. The SMILES string of the molecule is O=C(Cn1c(O)cc(=O)[nH]c1=O)N1CCCC1. The molecule has 1 aliphatic rings. The Hall–Kier alpha value is -2.05. The Morgan fingerprint density at radius 3 is 2.59 bits per heavy atom. The number of aromatic hydroxyl groups is 1. The number of aromatic nitrogens is 2. The molecule has 17 heavy (non-hydrogen) atoms. The van der Waals surface area contributed by atoms with Crippen molar-refractivity contribution in [2.24, 2.45) is 0 Å². The molecule has 0 aromatic carbocycles. The lowest BCUT2D eigenvalue weighted by molar-refractivity contribution is -0.130. The van der Waals surface area contributed by atoms with Gasteiger partial charge in [-0.1, -0.05) is 0 Å². The van der Waals surface area contributed by atoms with Gasteiger partial charge < -0.3 is 10.0 Å². The molecule has 7 heteroatoms. The number of rotatable bonds is 2. The van der Waals surface area contributed by atoms with Crippen LogP contribution in [0.3, 0.4) is 0 Å². The minimum absolute atomic E-state index is 0.230. The Labute approximate surface area is 96.3 Å². The van der Waals surface area contributed by atoms with E-state index in [2.05, 4.69) is 0 Å². The summed E-state index contributed by atoms with van der Waals surface area (Å²) in [4.78, 5) is 37.7. The zero-order chi connectivity index (χ0) is 12.4. The van der Waals surface area contributed by atoms with Crippen LogP contribution in [0.5, 0.6) is 5.88 Å². The molecule has 0 aliphatic carbocycles. The van der Waals surface area contributed by atoms with E-state index in [9.17, 15) is 19.5 Å². The van der Waals surface area contributed by atoms with Crippen molar-refractivity contribution in [3.63, 3.8) is 0 Å². The summed E-state index contributed by atoms with van der Waals surface area (Å²) in [6.07, 6.45) is 1.91. The lowest BCUT2D eigenvalue weighted by Gasteiger charge is -2.16. The average molecular weight is 239 g/mol. The quantitative estimate of drug-likeness (QED) is 0.682. The first-order chi connectivity index (χ1) is 8.08. The van der Waals surface area contributed by atoms with Crippen LogP contribution in [0, 0.1) is 0 Å². The number of carbonyl (C=O) groups excluding carboxylic acids is 1. The van der Waals surface area contributed by atoms with E-state index >= 15 is 0 Å². The highest BCUT2D eigenvalue weighted by molar-refractivity contribution is 5.76. The van der Waals surface area contributed by atoms with Gasteiger partial charge in [0.05, 0.1) is 6.07 Å². The normalized spacial score (nSPS) is 15.2. The summed E-state index contributed by atoms with van der Waals surface area (Å²) in [5.74, 6) is -0.724. The third kappa shape index (κ3) is 2.38. The van der Waals surface area contributed by atoms with Gasteiger partial charge in [-0.2, -0.15) is 0 Å². The maximum Gasteiger partial charge on any atom is 0.331 e. The van der Waals surface area contributed by atoms with Crippen molar-refractivity contribution in [3.8, 4) is 5.88 Å². The van der Waals surface area contributed by atoms with Crippen molar-refractivity contribution >= 4 is 5.91 Å². The highest BCUT2D eigenvalue weighted by atomic mass is 16.3. The van der Waals surface area contributed by atoms with Gasteiger partial charge in [-0.15, -0.1) is 0 Å². The number of hydrogen-bond donors (Lipinski definition) is 2. The summed E-state index contributed by atoms with van der Waals surface area (Å²) in [6, 6.07) is 0.874. The maximum atomic E-state index is 11.8. The Morgan fingerprint density at radius 2 is 2.00 bits per heavy atom. The number of aromatic amines is 1. The van der Waals surface area contributed by atoms with Crippen LogP contribution in [-0.2, 0) is 11.3 Å². The van der Waals surface area contributed by atoms with Crippen LogP contribution in [0.25, 0.3) is 0 Å². The lowest BCUT2D eigenvalue weighted by Crippen LogP contribution is -2.37. The predicted octanol–water partition coefficient (Wildman–Crippen LogP) is -1.14. The smallest absolute Gasteiger partial charge is 0.331 e. The molecule has 92 valence electrons. The fourth-order valence-corrected chi connectivity index (χ4v) is 1.86. The monoisotopic (exact) mass is 239 g/mol. The van der Waals surface area contributed by atoms with E-state index in [1.165, 1.54) is 0 Å². The Morgan fingerprint density at radius 1 is 1.35 bits per heavy atom. The van der Waals surface area contributed by atoms with Gasteiger partial charge in [0, 0.05) is 13.1 Å². The highest BCUT2D eigenvalue weighted by Gasteiger charge is 2.19. The van der Waals surface area contributed by atoms with Gasteiger partial charge in [0.25, 0.3) is 5.56 Å². The van der Waals surface area contributed by atoms with E-state index in [4.69, 9.17) is 0 Å². The van der Waals surface area contributed by atoms with Crippen LogP contribution < -0.4 is 11.2 Å². The molecule has 0 atom stereocenters. The van der Waals surface area contributed by atoms with Crippen molar-refractivity contribution in [1.29, 1.82) is 0 Å². The molecule has 7 nitrogen and oxygen atoms in total. The zero-order valence-corrected chi connectivity index (χ0v) is 9.18. The number of carbonyl (C=O) groups is 1. The minimum atomic E-state index is -0.775. The molecule has 2 rings (SSSR count). The molecule has 1 fully saturated rings. The summed E-state index contributed by atoms with van der Waals surface area (Å²) in [7, 11) is 0. The molecular weight excluding hydrogens is 226 g/mol. The molecule has 1 aromatic rings. The van der Waals surface area contributed by atoms with E-state index in [0.717, 1.165) is 23.5 Å². The Bertz CT molecular complexity index is 539. The molecule has 1 aromatic heterocycles. The van der Waals surface area contributed by atoms with Crippen LogP contribution in [0.15, 0.2) is 15.7 Å². The number of hydrogen-bond acceptors (Lipinski definition) is 4. The first-order valence-corrected chi connectivity index (χ1v) is 5.39. The van der Waals surface area contributed by atoms with Gasteiger partial charge in [-0.25, -0.2) is 4.79 Å². The standard InChI is InChI=1S/C10H13N3O4/c14-7-5-8(15)13(10(17)11-7)6-9(16)12-3-1-2-4-12/h5,15H,1-4,6H2,(H,11,14,17). The second-order valence-electron chi connectivity index (χ2n) is 3.97. The van der Waals surface area contributed by atoms with Crippen LogP contribution >= 0.6 is 0 Å². The third-order valence-electron chi connectivity index (χ3n) is 2.76. The van der Waals surface area contributed by atoms with Gasteiger partial charge in [0.15, 0.2) is 0 Å². The predicted molar refractivity (Wildman–Crippen MR) is 58.8 cm³/mol. The summed E-state index contributed by atoms with van der Waals surface area (Å²) < 4.78 is 0.849. The van der Waals surface area contributed by atoms with Gasteiger partial charge in [-0.3, -0.25) is 19.1 Å². The van der Waals surface area contributed by atoms with Gasteiger partial charge >= 0.3 is 5.69 Å². The van der Waals surface area contributed by atoms with E-state index in [-0.39, 0.29) is 12.5 Å². The lowest BCUT2D eigenvalue weighted by atomic mass is 10.4. The van der Waals surface area contributed by atoms with Crippen LogP contribution in [0.2, 0.25) is 0 Å². The molecule has 0 unspecified atom stereocenters. The molecule has 1 amide bonds. The number of nitrogens with one attached hydrogen (secondary N) is 1. The summed E-state index contributed by atoms with van der Waals surface area (Å²) in [5.41, 5.74) is -1.46. The first kappa shape index (κ1) is 11.4. The molecular formula is C10H13N3O4. The molecule has 0 radical (unpaired) electrons. The van der Waals surface area contributed by atoms with Crippen molar-refractivity contribution < 1.29 is 9.90 Å². The van der Waals surface area contributed by atoms with Crippen molar-refractivity contribution in [3.05, 3.63) is 26.9 Å². The van der Waals surface area contributed by atoms with Crippen molar-refractivity contribution in [2.45, 2.75) is 19.4 Å². The maximum absolute atomic E-state index is 11.8. The first-order valence-electron chi connectivity index (χ1n) is 5.39. The number of likely N-dealkylation sites (tertiary alicyclic amines) is 1. The molecule has 2 heterocycles. The van der Waals surface area contributed by atoms with Gasteiger partial charge in [-0.05, 0) is 12.8 Å². The second-order valence-corrected chi connectivity index (χ2v) is 3.97. The van der Waals surface area contributed by atoms with E-state index in [1.54, 1.807) is 4.90 Å². The Kier molecular flexibility index (Phi) is 2.99. The molecule has 2 N–H and O–H groups in total. The summed E-state index contributed by atoms with van der Waals surface area (Å²) in [5, 5.41) is 9.44. The zero-order valence-electron chi connectivity index (χ0n) is 9.18. The fourth-order valence-electron chi connectivity index (χ4n) is 1.86. The van der Waals surface area contributed by atoms with E-state index < -0.39 is 17.1 Å². The number of nitrogens with zero attached hydrogens (tertiary/aromatic N) is 2. The number of amides is 1. The number of H-pyrrole nitrogens is 1. The minimum Gasteiger partial charge on any atom is -0.494 e. The molecule has 0 saturated carbocycles. The van der Waals surface area contributed by atoms with E-state index in [0.29, 0.717) is 13.1 Å². The van der Waals surface area contributed by atoms with Crippen LogP contribution in [0.4, 0.5) is 0 Å². The van der Waals surface area contributed by atoms with Crippen LogP contribution in [0.1, 0.15) is 12.8 Å². The average Bonchev–Trinajstić information content (AvgIpc) is 2.76. The van der Waals surface area contributed by atoms with Gasteiger partial charge in [0.1, 0.15) is 6.54 Å². The topological polar surface area (TPSA) is 95.4 Å².